The predicted octanol–water partition coefficient (Wildman–Crippen LogP) is -0.651. The van der Waals surface area contributed by atoms with Gasteiger partial charge in [-0.2, -0.15) is 4.98 Å². The smallest absolute Gasteiger partial charge is 0.246 e. The monoisotopic (exact) mass is 215 g/mol. The van der Waals surface area contributed by atoms with Gasteiger partial charge in [-0.15, -0.1) is 0 Å². The van der Waals surface area contributed by atoms with Crippen molar-refractivity contribution in [1.29, 1.82) is 0 Å². The lowest BCUT2D eigenvalue weighted by atomic mass is 10.5. The number of nitrogens with one attached hydrogen (secondary N) is 1. The van der Waals surface area contributed by atoms with E-state index in [1.54, 1.807) is 7.11 Å². The Balaban J connectivity index is 2.04. The molecule has 7 heteroatoms. The Morgan fingerprint density at radius 3 is 3.13 bits per heavy atom. The fourth-order valence-electron chi connectivity index (χ4n) is 0.806. The van der Waals surface area contributed by atoms with Gasteiger partial charge in [0, 0.05) is 7.11 Å². The fraction of sp³-hybridized carbons (Fsp3) is 0.625. The van der Waals surface area contributed by atoms with Gasteiger partial charge in [-0.1, -0.05) is 5.16 Å². The molecule has 1 rings (SSSR count). The summed E-state index contributed by atoms with van der Waals surface area (Å²) in [5.74, 6) is 0.205. The van der Waals surface area contributed by atoms with Crippen molar-refractivity contribution in [2.24, 2.45) is 0 Å². The van der Waals surface area contributed by atoms with Crippen molar-refractivity contribution in [2.75, 3.05) is 26.9 Å². The lowest BCUT2D eigenvalue weighted by Crippen LogP contribution is -2.28. The van der Waals surface area contributed by atoms with E-state index in [-0.39, 0.29) is 19.1 Å². The minimum atomic E-state index is -0.226. The van der Waals surface area contributed by atoms with E-state index >= 15 is 0 Å². The normalized spacial score (nSPS) is 10.2. The van der Waals surface area contributed by atoms with E-state index in [0.29, 0.717) is 19.0 Å². The highest BCUT2D eigenvalue weighted by Crippen LogP contribution is 1.86. The van der Waals surface area contributed by atoms with Crippen LogP contribution in [-0.2, 0) is 20.8 Å². The Labute approximate surface area is 86.7 Å². The molecule has 0 saturated heterocycles. The Hall–Kier alpha value is -1.47. The van der Waals surface area contributed by atoms with Gasteiger partial charge in [-0.3, -0.25) is 4.79 Å². The minimum absolute atomic E-state index is 0.00120. The van der Waals surface area contributed by atoms with Crippen LogP contribution in [0.3, 0.4) is 0 Å². The maximum atomic E-state index is 11.1. The first-order valence-electron chi connectivity index (χ1n) is 4.41. The van der Waals surface area contributed by atoms with Gasteiger partial charge in [0.1, 0.15) is 6.61 Å². The maximum Gasteiger partial charge on any atom is 0.246 e. The van der Waals surface area contributed by atoms with Crippen molar-refractivity contribution >= 4 is 5.91 Å². The van der Waals surface area contributed by atoms with E-state index in [1.165, 1.54) is 6.39 Å². The lowest BCUT2D eigenvalue weighted by Gasteiger charge is -2.03. The summed E-state index contributed by atoms with van der Waals surface area (Å²) in [6.07, 6.45) is 1.20. The van der Waals surface area contributed by atoms with Crippen LogP contribution in [0.4, 0.5) is 0 Å². The van der Waals surface area contributed by atoms with Crippen molar-refractivity contribution in [2.45, 2.75) is 6.54 Å². The Bertz CT molecular complexity index is 275. The second kappa shape index (κ2) is 6.91. The predicted molar refractivity (Wildman–Crippen MR) is 48.8 cm³/mol. The van der Waals surface area contributed by atoms with Gasteiger partial charge < -0.3 is 19.3 Å². The molecule has 0 radical (unpaired) electrons. The average Bonchev–Trinajstić information content (AvgIpc) is 2.74. The van der Waals surface area contributed by atoms with Crippen LogP contribution in [0.25, 0.3) is 0 Å². The van der Waals surface area contributed by atoms with Gasteiger partial charge >= 0.3 is 0 Å². The zero-order valence-electron chi connectivity index (χ0n) is 8.43. The SMILES string of the molecule is COCCOCC(=O)NCc1ncon1. The first-order valence-corrected chi connectivity index (χ1v) is 4.41. The van der Waals surface area contributed by atoms with Gasteiger partial charge in [-0.25, -0.2) is 0 Å². The van der Waals surface area contributed by atoms with Crippen molar-refractivity contribution in [1.82, 2.24) is 15.5 Å². The molecule has 1 heterocycles. The third kappa shape index (κ3) is 5.08. The molecule has 0 aromatic carbocycles. The number of ether oxygens (including phenoxy) is 2. The molecular formula is C8H13N3O4. The Morgan fingerprint density at radius 1 is 1.60 bits per heavy atom. The number of hydrogen-bond donors (Lipinski definition) is 1. The van der Waals surface area contributed by atoms with Crippen LogP contribution in [0, 0.1) is 0 Å². The summed E-state index contributed by atoms with van der Waals surface area (Å²) < 4.78 is 14.3. The third-order valence-corrected chi connectivity index (χ3v) is 1.52. The number of hydrogen-bond acceptors (Lipinski definition) is 6. The molecule has 0 atom stereocenters. The molecule has 1 amide bonds. The molecule has 0 bridgehead atoms. The van der Waals surface area contributed by atoms with Crippen molar-refractivity contribution in [3.63, 3.8) is 0 Å². The molecule has 1 N–H and O–H groups in total. The number of carbonyl (C=O) groups is 1. The third-order valence-electron chi connectivity index (χ3n) is 1.52. The van der Waals surface area contributed by atoms with Crippen LogP contribution in [0.15, 0.2) is 10.9 Å². The number of nitrogens with zero attached hydrogens (tertiary/aromatic N) is 2. The molecule has 0 spiro atoms. The number of carbonyl (C=O) groups excluding carboxylic acids is 1. The molecule has 0 fully saturated rings. The highest BCUT2D eigenvalue weighted by atomic mass is 16.5. The second-order valence-electron chi connectivity index (χ2n) is 2.67. The van der Waals surface area contributed by atoms with Crippen LogP contribution in [0.1, 0.15) is 5.82 Å². The van der Waals surface area contributed by atoms with Crippen LogP contribution >= 0.6 is 0 Å². The van der Waals surface area contributed by atoms with Gasteiger partial charge in [0.05, 0.1) is 19.8 Å². The molecule has 0 unspecified atom stereocenters. The van der Waals surface area contributed by atoms with Crippen molar-refractivity contribution in [3.8, 4) is 0 Å². The summed E-state index contributed by atoms with van der Waals surface area (Å²) >= 11 is 0. The van der Waals surface area contributed by atoms with E-state index in [2.05, 4.69) is 20.0 Å². The molecular weight excluding hydrogens is 202 g/mol. The van der Waals surface area contributed by atoms with Crippen LogP contribution < -0.4 is 5.32 Å². The highest BCUT2D eigenvalue weighted by molar-refractivity contribution is 5.77. The molecule has 0 aliphatic heterocycles. The zero-order chi connectivity index (χ0) is 10.9. The van der Waals surface area contributed by atoms with Crippen molar-refractivity contribution < 1.29 is 18.8 Å². The summed E-state index contributed by atoms with van der Waals surface area (Å²) in [6, 6.07) is 0. The maximum absolute atomic E-state index is 11.1. The Morgan fingerprint density at radius 2 is 2.47 bits per heavy atom. The minimum Gasteiger partial charge on any atom is -0.382 e. The van der Waals surface area contributed by atoms with E-state index in [0.717, 1.165) is 0 Å². The topological polar surface area (TPSA) is 86.5 Å². The van der Waals surface area contributed by atoms with Crippen LogP contribution in [-0.4, -0.2) is 43.0 Å². The molecule has 0 aliphatic carbocycles. The van der Waals surface area contributed by atoms with Crippen LogP contribution in [0.5, 0.6) is 0 Å². The highest BCUT2D eigenvalue weighted by Gasteiger charge is 2.03. The van der Waals surface area contributed by atoms with Crippen LogP contribution in [0.2, 0.25) is 0 Å². The molecule has 7 nitrogen and oxygen atoms in total. The first kappa shape index (κ1) is 11.6. The quantitative estimate of drug-likeness (QED) is 0.608. The standard InChI is InChI=1S/C8H13N3O4/c1-13-2-3-14-5-8(12)9-4-7-10-6-15-11-7/h6H,2-5H2,1H3,(H,9,12). The largest absolute Gasteiger partial charge is 0.382 e. The van der Waals surface area contributed by atoms with E-state index in [1.807, 2.05) is 0 Å². The first-order chi connectivity index (χ1) is 7.33. The van der Waals surface area contributed by atoms with Gasteiger partial charge in [0.15, 0.2) is 5.82 Å². The Kier molecular flexibility index (Phi) is 5.34. The number of amides is 1. The lowest BCUT2D eigenvalue weighted by molar-refractivity contribution is -0.126. The van der Waals surface area contributed by atoms with Gasteiger partial charge in [0.2, 0.25) is 12.3 Å². The number of aromatic nitrogens is 2. The van der Waals surface area contributed by atoms with Gasteiger partial charge in [-0.05, 0) is 0 Å². The van der Waals surface area contributed by atoms with E-state index in [9.17, 15) is 4.79 Å². The molecule has 84 valence electrons. The van der Waals surface area contributed by atoms with Crippen molar-refractivity contribution in [3.05, 3.63) is 12.2 Å². The number of methoxy groups -OCH3 is 1. The average molecular weight is 215 g/mol. The van der Waals surface area contributed by atoms with E-state index < -0.39 is 0 Å². The molecule has 0 saturated carbocycles. The molecule has 0 aliphatic rings. The van der Waals surface area contributed by atoms with E-state index in [4.69, 9.17) is 9.47 Å². The summed E-state index contributed by atoms with van der Waals surface area (Å²) in [5.41, 5.74) is 0. The molecule has 1 aromatic rings. The molecule has 15 heavy (non-hydrogen) atoms. The molecule has 1 aromatic heterocycles. The summed E-state index contributed by atoms with van der Waals surface area (Å²) in [7, 11) is 1.57. The summed E-state index contributed by atoms with van der Waals surface area (Å²) in [4.78, 5) is 14.9. The number of rotatable bonds is 7. The summed E-state index contributed by atoms with van der Waals surface area (Å²) in [6.45, 7) is 1.11. The fourth-order valence-corrected chi connectivity index (χ4v) is 0.806. The zero-order valence-corrected chi connectivity index (χ0v) is 8.43. The summed E-state index contributed by atoms with van der Waals surface area (Å²) in [5, 5.41) is 6.11. The van der Waals surface area contributed by atoms with Gasteiger partial charge in [0.25, 0.3) is 0 Å². The second-order valence-corrected chi connectivity index (χ2v) is 2.67.